The van der Waals surface area contributed by atoms with Gasteiger partial charge in [-0.25, -0.2) is 4.79 Å². The van der Waals surface area contributed by atoms with Gasteiger partial charge in [0.1, 0.15) is 5.00 Å². The molecule has 1 aliphatic carbocycles. The number of ether oxygens (including phenoxy) is 1. The van der Waals surface area contributed by atoms with E-state index >= 15 is 0 Å². The molecule has 1 aliphatic rings. The first kappa shape index (κ1) is 19.9. The van der Waals surface area contributed by atoms with Gasteiger partial charge in [-0.05, 0) is 57.7 Å². The van der Waals surface area contributed by atoms with Gasteiger partial charge in [0.15, 0.2) is 0 Å². The molecular weight excluding hydrogens is 336 g/mol. The van der Waals surface area contributed by atoms with E-state index in [1.165, 1.54) is 4.88 Å². The van der Waals surface area contributed by atoms with Crippen molar-refractivity contribution in [2.24, 2.45) is 5.92 Å². The molecule has 1 heterocycles. The predicted octanol–water partition coefficient (Wildman–Crippen LogP) is 3.72. The number of likely N-dealkylation sites (N-methyl/N-ethyl adjacent to an activating group) is 1. The molecule has 1 atom stereocenters. The van der Waals surface area contributed by atoms with Crippen molar-refractivity contribution in [2.45, 2.75) is 52.9 Å². The molecule has 25 heavy (non-hydrogen) atoms. The topological polar surface area (TPSA) is 58.6 Å². The van der Waals surface area contributed by atoms with Gasteiger partial charge in [-0.3, -0.25) is 9.69 Å². The van der Waals surface area contributed by atoms with E-state index in [0.29, 0.717) is 29.6 Å². The highest BCUT2D eigenvalue weighted by molar-refractivity contribution is 7.17. The number of carbonyl (C=O) groups is 2. The Balaban J connectivity index is 2.16. The van der Waals surface area contributed by atoms with E-state index in [2.05, 4.69) is 19.2 Å². The normalized spacial score (nSPS) is 16.6. The summed E-state index contributed by atoms with van der Waals surface area (Å²) in [5.74, 6) is 0.227. The maximum atomic E-state index is 12.4. The van der Waals surface area contributed by atoms with Crippen LogP contribution < -0.4 is 5.32 Å². The van der Waals surface area contributed by atoms with Crippen molar-refractivity contribution in [3.05, 3.63) is 16.0 Å². The molecule has 0 aromatic carbocycles. The minimum absolute atomic E-state index is 0.0733. The molecule has 2 rings (SSSR count). The number of amides is 1. The average molecular weight is 367 g/mol. The van der Waals surface area contributed by atoms with Crippen LogP contribution in [0.1, 0.15) is 60.8 Å². The smallest absolute Gasteiger partial charge is 0.341 e. The lowest BCUT2D eigenvalue weighted by Crippen LogP contribution is -2.31. The molecule has 1 amide bonds. The number of nitrogens with zero attached hydrogens (tertiary/aromatic N) is 1. The number of nitrogens with one attached hydrogen (secondary N) is 1. The minimum Gasteiger partial charge on any atom is -0.462 e. The van der Waals surface area contributed by atoms with Gasteiger partial charge in [-0.2, -0.15) is 0 Å². The second-order valence-corrected chi connectivity index (χ2v) is 8.02. The van der Waals surface area contributed by atoms with E-state index in [1.807, 2.05) is 11.9 Å². The van der Waals surface area contributed by atoms with Gasteiger partial charge in [-0.15, -0.1) is 11.3 Å². The van der Waals surface area contributed by atoms with Gasteiger partial charge in [-0.1, -0.05) is 20.3 Å². The summed E-state index contributed by atoms with van der Waals surface area (Å²) in [6.45, 7) is 7.74. The standard InChI is InChI=1S/C19H30N2O3S/c1-5-7-10-21(4)12-16(22)20-18-17(19(23)24-6-2)14-9-8-13(3)11-15(14)25-18/h13H,5-12H2,1-4H3,(H,20,22). The lowest BCUT2D eigenvalue weighted by Gasteiger charge is -2.18. The van der Waals surface area contributed by atoms with Crippen molar-refractivity contribution < 1.29 is 14.3 Å². The number of carbonyl (C=O) groups excluding carboxylic acids is 2. The molecule has 1 aromatic heterocycles. The third kappa shape index (κ3) is 5.28. The highest BCUT2D eigenvalue weighted by Crippen LogP contribution is 2.40. The average Bonchev–Trinajstić information content (AvgIpc) is 2.89. The number of anilines is 1. The van der Waals surface area contributed by atoms with E-state index in [9.17, 15) is 9.59 Å². The van der Waals surface area contributed by atoms with E-state index in [4.69, 9.17) is 4.74 Å². The van der Waals surface area contributed by atoms with Crippen molar-refractivity contribution in [3.8, 4) is 0 Å². The largest absolute Gasteiger partial charge is 0.462 e. The fraction of sp³-hybridized carbons (Fsp3) is 0.684. The predicted molar refractivity (Wildman–Crippen MR) is 102 cm³/mol. The molecule has 6 heteroatoms. The molecule has 0 fully saturated rings. The van der Waals surface area contributed by atoms with E-state index < -0.39 is 0 Å². The number of esters is 1. The Labute approximate surface area is 154 Å². The lowest BCUT2D eigenvalue weighted by molar-refractivity contribution is -0.117. The Kier molecular flexibility index (Phi) is 7.44. The van der Waals surface area contributed by atoms with Crippen LogP contribution in [0.5, 0.6) is 0 Å². The van der Waals surface area contributed by atoms with Crippen LogP contribution in [0, 0.1) is 5.92 Å². The third-order valence-corrected chi connectivity index (χ3v) is 5.72. The summed E-state index contributed by atoms with van der Waals surface area (Å²) in [5.41, 5.74) is 1.66. The van der Waals surface area contributed by atoms with Crippen molar-refractivity contribution in [3.63, 3.8) is 0 Å². The van der Waals surface area contributed by atoms with Gasteiger partial charge in [0, 0.05) is 4.88 Å². The molecule has 0 aliphatic heterocycles. The molecule has 0 radical (unpaired) electrons. The van der Waals surface area contributed by atoms with Crippen LogP contribution in [0.4, 0.5) is 5.00 Å². The number of thiophene rings is 1. The summed E-state index contributed by atoms with van der Waals surface area (Å²) in [5, 5.41) is 3.63. The molecule has 0 bridgehead atoms. The molecule has 1 aromatic rings. The molecule has 1 N–H and O–H groups in total. The molecule has 1 unspecified atom stereocenters. The zero-order chi connectivity index (χ0) is 18.4. The Morgan fingerprint density at radius 2 is 2.12 bits per heavy atom. The Bertz CT molecular complexity index is 612. The SMILES string of the molecule is CCCCN(C)CC(=O)Nc1sc2c(c1C(=O)OCC)CCC(C)C2. The van der Waals surface area contributed by atoms with Crippen LogP contribution in [0.2, 0.25) is 0 Å². The molecule has 0 saturated heterocycles. The Morgan fingerprint density at radius 1 is 1.36 bits per heavy atom. The van der Waals surface area contributed by atoms with Crippen LogP contribution >= 0.6 is 11.3 Å². The first-order chi connectivity index (χ1) is 12.0. The number of fused-ring (bicyclic) bond motifs is 1. The maximum absolute atomic E-state index is 12.4. The minimum atomic E-state index is -0.316. The zero-order valence-corrected chi connectivity index (χ0v) is 16.6. The van der Waals surface area contributed by atoms with Gasteiger partial charge >= 0.3 is 5.97 Å². The number of unbranched alkanes of at least 4 members (excludes halogenated alkanes) is 1. The highest BCUT2D eigenvalue weighted by Gasteiger charge is 2.29. The number of rotatable bonds is 8. The quantitative estimate of drug-likeness (QED) is 0.713. The molecular formula is C19H30N2O3S. The van der Waals surface area contributed by atoms with Gasteiger partial charge in [0.2, 0.25) is 5.91 Å². The summed E-state index contributed by atoms with van der Waals surface area (Å²) in [7, 11) is 1.95. The Morgan fingerprint density at radius 3 is 2.80 bits per heavy atom. The first-order valence-corrected chi connectivity index (χ1v) is 10.1. The van der Waals surface area contributed by atoms with E-state index in [1.54, 1.807) is 18.3 Å². The van der Waals surface area contributed by atoms with Crippen LogP contribution in [-0.2, 0) is 22.4 Å². The molecule has 0 saturated carbocycles. The zero-order valence-electron chi connectivity index (χ0n) is 15.8. The van der Waals surface area contributed by atoms with Crippen molar-refractivity contribution in [1.29, 1.82) is 0 Å². The second kappa shape index (κ2) is 9.34. The van der Waals surface area contributed by atoms with Crippen molar-refractivity contribution >= 4 is 28.2 Å². The molecule has 0 spiro atoms. The summed E-state index contributed by atoms with van der Waals surface area (Å²) in [6, 6.07) is 0. The fourth-order valence-corrected chi connectivity index (χ4v) is 4.59. The van der Waals surface area contributed by atoms with E-state index in [0.717, 1.165) is 44.2 Å². The highest BCUT2D eigenvalue weighted by atomic mass is 32.1. The second-order valence-electron chi connectivity index (χ2n) is 6.92. The fourth-order valence-electron chi connectivity index (χ4n) is 3.18. The Hall–Kier alpha value is -1.40. The number of hydrogen-bond acceptors (Lipinski definition) is 5. The lowest BCUT2D eigenvalue weighted by atomic mass is 9.88. The summed E-state index contributed by atoms with van der Waals surface area (Å²) in [4.78, 5) is 28.1. The molecule has 5 nitrogen and oxygen atoms in total. The van der Waals surface area contributed by atoms with Crippen LogP contribution in [0.3, 0.4) is 0 Å². The summed E-state index contributed by atoms with van der Waals surface area (Å²) < 4.78 is 5.24. The van der Waals surface area contributed by atoms with Crippen LogP contribution in [-0.4, -0.2) is 43.5 Å². The molecule has 140 valence electrons. The van der Waals surface area contributed by atoms with Crippen molar-refractivity contribution in [2.75, 3.05) is 32.1 Å². The third-order valence-electron chi connectivity index (χ3n) is 4.55. The number of hydrogen-bond donors (Lipinski definition) is 1. The maximum Gasteiger partial charge on any atom is 0.341 e. The van der Waals surface area contributed by atoms with Gasteiger partial charge < -0.3 is 10.1 Å². The first-order valence-electron chi connectivity index (χ1n) is 9.26. The monoisotopic (exact) mass is 366 g/mol. The van der Waals surface area contributed by atoms with Gasteiger partial charge in [0.25, 0.3) is 0 Å². The van der Waals surface area contributed by atoms with Gasteiger partial charge in [0.05, 0.1) is 18.7 Å². The van der Waals surface area contributed by atoms with Crippen LogP contribution in [0.15, 0.2) is 0 Å². The summed E-state index contributed by atoms with van der Waals surface area (Å²) >= 11 is 1.54. The summed E-state index contributed by atoms with van der Waals surface area (Å²) in [6.07, 6.45) is 5.10. The van der Waals surface area contributed by atoms with Crippen molar-refractivity contribution in [1.82, 2.24) is 4.90 Å². The van der Waals surface area contributed by atoms with Crippen LogP contribution in [0.25, 0.3) is 0 Å². The van der Waals surface area contributed by atoms with E-state index in [-0.39, 0.29) is 11.9 Å².